The highest BCUT2D eigenvalue weighted by molar-refractivity contribution is 5.93. The van der Waals surface area contributed by atoms with Crippen molar-refractivity contribution in [3.63, 3.8) is 0 Å². The molecule has 0 radical (unpaired) electrons. The fourth-order valence-electron chi connectivity index (χ4n) is 3.72. The third kappa shape index (κ3) is 4.67. The molecule has 7 heteroatoms. The Bertz CT molecular complexity index is 916. The van der Waals surface area contributed by atoms with Crippen molar-refractivity contribution in [3.05, 3.63) is 47.0 Å². The molecule has 0 aliphatic carbocycles. The molecule has 0 saturated carbocycles. The molecule has 0 spiro atoms. The second-order valence-corrected chi connectivity index (χ2v) is 7.19. The predicted octanol–water partition coefficient (Wildman–Crippen LogP) is 2.87. The zero-order valence-electron chi connectivity index (χ0n) is 17.9. The largest absolute Gasteiger partial charge is 0.493 e. The van der Waals surface area contributed by atoms with Crippen LogP contribution in [0.3, 0.4) is 0 Å². The predicted molar refractivity (Wildman–Crippen MR) is 114 cm³/mol. The Labute approximate surface area is 176 Å². The van der Waals surface area contributed by atoms with Gasteiger partial charge in [0, 0.05) is 32.1 Å². The van der Waals surface area contributed by atoms with Crippen LogP contribution in [0.4, 0.5) is 5.69 Å². The monoisotopic (exact) mass is 412 g/mol. The molecule has 7 nitrogen and oxygen atoms in total. The molecule has 0 atom stereocenters. The van der Waals surface area contributed by atoms with E-state index in [1.54, 1.807) is 33.2 Å². The van der Waals surface area contributed by atoms with E-state index in [2.05, 4.69) is 11.4 Å². The van der Waals surface area contributed by atoms with Crippen molar-refractivity contribution in [3.8, 4) is 17.2 Å². The molecule has 0 saturated heterocycles. The molecule has 1 heterocycles. The van der Waals surface area contributed by atoms with E-state index in [0.717, 1.165) is 35.3 Å². The minimum absolute atomic E-state index is 0.0328. The number of rotatable bonds is 8. The summed E-state index contributed by atoms with van der Waals surface area (Å²) in [4.78, 5) is 25.8. The molecule has 0 fully saturated rings. The Kier molecular flexibility index (Phi) is 6.82. The first-order valence-corrected chi connectivity index (χ1v) is 9.92. The molecule has 30 heavy (non-hydrogen) atoms. The lowest BCUT2D eigenvalue weighted by Gasteiger charge is -2.15. The smallest absolute Gasteiger partial charge is 0.223 e. The van der Waals surface area contributed by atoms with Crippen LogP contribution in [0.2, 0.25) is 0 Å². The van der Waals surface area contributed by atoms with Gasteiger partial charge in [0.25, 0.3) is 0 Å². The molecule has 2 aromatic carbocycles. The zero-order valence-corrected chi connectivity index (χ0v) is 17.9. The van der Waals surface area contributed by atoms with Crippen LogP contribution in [-0.4, -0.2) is 39.7 Å². The second-order valence-electron chi connectivity index (χ2n) is 7.19. The topological polar surface area (TPSA) is 77.1 Å². The average Bonchev–Trinajstić information content (AvgIpc) is 3.18. The van der Waals surface area contributed by atoms with Crippen molar-refractivity contribution in [1.82, 2.24) is 5.32 Å². The fourth-order valence-corrected chi connectivity index (χ4v) is 3.72. The summed E-state index contributed by atoms with van der Waals surface area (Å²) in [6, 6.07) is 9.70. The van der Waals surface area contributed by atoms with Crippen molar-refractivity contribution in [2.24, 2.45) is 0 Å². The number of fused-ring (bicyclic) bond motifs is 1. The highest BCUT2D eigenvalue weighted by Gasteiger charge is 2.22. The number of aryl methyl sites for hydroxylation is 1. The van der Waals surface area contributed by atoms with Gasteiger partial charge in [-0.2, -0.15) is 0 Å². The summed E-state index contributed by atoms with van der Waals surface area (Å²) in [5, 5.41) is 2.97. The summed E-state index contributed by atoms with van der Waals surface area (Å²) in [6.45, 7) is 2.76. The molecule has 0 unspecified atom stereocenters. The molecule has 2 amide bonds. The lowest BCUT2D eigenvalue weighted by Crippen LogP contribution is -2.25. The first-order chi connectivity index (χ1) is 14.5. The van der Waals surface area contributed by atoms with Gasteiger partial charge in [0.1, 0.15) is 0 Å². The van der Waals surface area contributed by atoms with Crippen molar-refractivity contribution >= 4 is 17.5 Å². The molecular formula is C23H28N2O5. The van der Waals surface area contributed by atoms with Gasteiger partial charge in [-0.05, 0) is 47.7 Å². The third-order valence-electron chi connectivity index (χ3n) is 5.27. The number of nitrogens with one attached hydrogen (secondary N) is 1. The molecule has 0 aromatic heterocycles. The van der Waals surface area contributed by atoms with E-state index in [0.29, 0.717) is 36.6 Å². The van der Waals surface area contributed by atoms with Crippen LogP contribution in [0.25, 0.3) is 0 Å². The van der Waals surface area contributed by atoms with Crippen LogP contribution in [0.5, 0.6) is 17.2 Å². The summed E-state index contributed by atoms with van der Waals surface area (Å²) >= 11 is 0. The van der Waals surface area contributed by atoms with Crippen LogP contribution in [-0.2, 0) is 29.0 Å². The number of methoxy groups -OCH3 is 3. The van der Waals surface area contributed by atoms with Crippen molar-refractivity contribution < 1.29 is 23.8 Å². The van der Waals surface area contributed by atoms with Gasteiger partial charge in [-0.15, -0.1) is 0 Å². The Morgan fingerprint density at radius 2 is 1.70 bits per heavy atom. The fraction of sp³-hybridized carbons (Fsp3) is 0.391. The molecule has 0 bridgehead atoms. The van der Waals surface area contributed by atoms with Gasteiger partial charge in [0.2, 0.25) is 17.6 Å². The van der Waals surface area contributed by atoms with Crippen LogP contribution in [0.1, 0.15) is 30.0 Å². The number of amides is 2. The second kappa shape index (κ2) is 9.52. The van der Waals surface area contributed by atoms with Crippen LogP contribution >= 0.6 is 0 Å². The van der Waals surface area contributed by atoms with Gasteiger partial charge in [0.05, 0.1) is 21.3 Å². The molecule has 1 aliphatic rings. The van der Waals surface area contributed by atoms with Crippen LogP contribution < -0.4 is 24.4 Å². The summed E-state index contributed by atoms with van der Waals surface area (Å²) in [7, 11) is 4.70. The third-order valence-corrected chi connectivity index (χ3v) is 5.27. The molecule has 1 N–H and O–H groups in total. The van der Waals surface area contributed by atoms with Gasteiger partial charge in [-0.1, -0.05) is 12.1 Å². The number of benzene rings is 2. The van der Waals surface area contributed by atoms with E-state index in [-0.39, 0.29) is 11.8 Å². The van der Waals surface area contributed by atoms with E-state index >= 15 is 0 Å². The van der Waals surface area contributed by atoms with E-state index < -0.39 is 0 Å². The first-order valence-electron chi connectivity index (χ1n) is 9.92. The maximum absolute atomic E-state index is 12.3. The Morgan fingerprint density at radius 3 is 2.30 bits per heavy atom. The van der Waals surface area contributed by atoms with Gasteiger partial charge in [0.15, 0.2) is 11.5 Å². The normalized spacial score (nSPS) is 12.3. The number of hydrogen-bond acceptors (Lipinski definition) is 5. The molecule has 1 aliphatic heterocycles. The SMILES string of the molecule is COc1cc(CCC(=O)NCc2ccc3c(c2)CCN3C(C)=O)cc(OC)c1OC. The number of nitrogens with zero attached hydrogens (tertiary/aromatic N) is 1. The summed E-state index contributed by atoms with van der Waals surface area (Å²) in [5.41, 5.74) is 4.08. The summed E-state index contributed by atoms with van der Waals surface area (Å²) in [6.07, 6.45) is 1.75. The van der Waals surface area contributed by atoms with Gasteiger partial charge >= 0.3 is 0 Å². The minimum atomic E-state index is -0.0328. The Morgan fingerprint density at radius 1 is 1.00 bits per heavy atom. The number of carbonyl (C=O) groups excluding carboxylic acids is 2. The summed E-state index contributed by atoms with van der Waals surface area (Å²) < 4.78 is 16.0. The highest BCUT2D eigenvalue weighted by Crippen LogP contribution is 2.38. The van der Waals surface area contributed by atoms with E-state index in [9.17, 15) is 9.59 Å². The lowest BCUT2D eigenvalue weighted by atomic mass is 10.1. The van der Waals surface area contributed by atoms with Crippen molar-refractivity contribution in [2.75, 3.05) is 32.8 Å². The van der Waals surface area contributed by atoms with Crippen LogP contribution in [0, 0.1) is 0 Å². The van der Waals surface area contributed by atoms with Gasteiger partial charge in [-0.3, -0.25) is 9.59 Å². The zero-order chi connectivity index (χ0) is 21.7. The average molecular weight is 412 g/mol. The molecular weight excluding hydrogens is 384 g/mol. The van der Waals surface area contributed by atoms with E-state index in [1.807, 2.05) is 24.3 Å². The van der Waals surface area contributed by atoms with Crippen molar-refractivity contribution in [1.29, 1.82) is 0 Å². The van der Waals surface area contributed by atoms with Crippen molar-refractivity contribution in [2.45, 2.75) is 32.7 Å². The number of anilines is 1. The first kappa shape index (κ1) is 21.5. The number of hydrogen-bond donors (Lipinski definition) is 1. The molecule has 2 aromatic rings. The highest BCUT2D eigenvalue weighted by atomic mass is 16.5. The maximum Gasteiger partial charge on any atom is 0.223 e. The molecule has 160 valence electrons. The summed E-state index contributed by atoms with van der Waals surface area (Å²) in [5.74, 6) is 1.71. The van der Waals surface area contributed by atoms with E-state index in [1.165, 1.54) is 0 Å². The standard InChI is InChI=1S/C23H28N2O5/c1-15(26)25-10-9-18-11-17(5-7-19(18)25)14-24-22(27)8-6-16-12-20(28-2)23(30-4)21(13-16)29-3/h5,7,11-13H,6,8-10,14H2,1-4H3,(H,24,27). The van der Waals surface area contributed by atoms with Gasteiger partial charge < -0.3 is 24.4 Å². The maximum atomic E-state index is 12.3. The molecule has 3 rings (SSSR count). The number of ether oxygens (including phenoxy) is 3. The van der Waals surface area contributed by atoms with Crippen LogP contribution in [0.15, 0.2) is 30.3 Å². The minimum Gasteiger partial charge on any atom is -0.493 e. The van der Waals surface area contributed by atoms with Gasteiger partial charge in [-0.25, -0.2) is 0 Å². The number of carbonyl (C=O) groups is 2. The Balaban J connectivity index is 1.57. The lowest BCUT2D eigenvalue weighted by molar-refractivity contribution is -0.121. The quantitative estimate of drug-likeness (QED) is 0.722. The van der Waals surface area contributed by atoms with E-state index in [4.69, 9.17) is 14.2 Å². The Hall–Kier alpha value is -3.22.